The SMILES string of the molecule is COCCc1cc2ccccc2cn1. The van der Waals surface area contributed by atoms with Crippen molar-refractivity contribution in [2.24, 2.45) is 0 Å². The lowest BCUT2D eigenvalue weighted by Crippen LogP contribution is -1.96. The van der Waals surface area contributed by atoms with E-state index < -0.39 is 0 Å². The first kappa shape index (κ1) is 9.16. The van der Waals surface area contributed by atoms with Crippen LogP contribution in [-0.4, -0.2) is 18.7 Å². The highest BCUT2D eigenvalue weighted by Gasteiger charge is 1.96. The summed E-state index contributed by atoms with van der Waals surface area (Å²) in [6.07, 6.45) is 2.79. The number of hydrogen-bond acceptors (Lipinski definition) is 2. The Morgan fingerprint density at radius 2 is 2.00 bits per heavy atom. The summed E-state index contributed by atoms with van der Waals surface area (Å²) in [7, 11) is 1.71. The molecule has 2 aromatic rings. The van der Waals surface area contributed by atoms with Crippen molar-refractivity contribution in [1.29, 1.82) is 0 Å². The molecule has 14 heavy (non-hydrogen) atoms. The van der Waals surface area contributed by atoms with E-state index >= 15 is 0 Å². The highest BCUT2D eigenvalue weighted by molar-refractivity contribution is 5.81. The van der Waals surface area contributed by atoms with Crippen molar-refractivity contribution in [2.75, 3.05) is 13.7 Å². The van der Waals surface area contributed by atoms with Gasteiger partial charge in [-0.25, -0.2) is 0 Å². The summed E-state index contributed by atoms with van der Waals surface area (Å²) in [6, 6.07) is 10.4. The lowest BCUT2D eigenvalue weighted by molar-refractivity contribution is 0.201. The number of nitrogens with zero attached hydrogens (tertiary/aromatic N) is 1. The van der Waals surface area contributed by atoms with Gasteiger partial charge in [-0.05, 0) is 11.5 Å². The molecule has 0 unspecified atom stereocenters. The molecule has 0 aliphatic heterocycles. The smallest absolute Gasteiger partial charge is 0.0517 e. The van der Waals surface area contributed by atoms with Crippen LogP contribution in [0.25, 0.3) is 10.8 Å². The van der Waals surface area contributed by atoms with Gasteiger partial charge < -0.3 is 4.74 Å². The van der Waals surface area contributed by atoms with Gasteiger partial charge in [0.25, 0.3) is 0 Å². The van der Waals surface area contributed by atoms with Crippen LogP contribution in [0.3, 0.4) is 0 Å². The molecule has 0 radical (unpaired) electrons. The topological polar surface area (TPSA) is 22.1 Å². The largest absolute Gasteiger partial charge is 0.384 e. The Bertz CT molecular complexity index is 425. The van der Waals surface area contributed by atoms with Gasteiger partial charge in [0, 0.05) is 30.8 Å². The third kappa shape index (κ3) is 1.91. The Labute approximate surface area is 83.5 Å². The Morgan fingerprint density at radius 3 is 2.79 bits per heavy atom. The van der Waals surface area contributed by atoms with E-state index in [0.29, 0.717) is 0 Å². The van der Waals surface area contributed by atoms with E-state index in [-0.39, 0.29) is 0 Å². The molecule has 2 nitrogen and oxygen atoms in total. The summed E-state index contributed by atoms with van der Waals surface area (Å²) in [5.41, 5.74) is 1.09. The average Bonchev–Trinajstić information content (AvgIpc) is 2.26. The first-order chi connectivity index (χ1) is 6.90. The van der Waals surface area contributed by atoms with E-state index in [1.54, 1.807) is 7.11 Å². The van der Waals surface area contributed by atoms with Gasteiger partial charge in [0.05, 0.1) is 6.61 Å². The Hall–Kier alpha value is -1.41. The van der Waals surface area contributed by atoms with Crippen LogP contribution in [0.15, 0.2) is 36.5 Å². The molecule has 1 aromatic heterocycles. The van der Waals surface area contributed by atoms with Crippen LogP contribution in [-0.2, 0) is 11.2 Å². The molecule has 0 saturated heterocycles. The molecule has 0 N–H and O–H groups in total. The summed E-state index contributed by atoms with van der Waals surface area (Å²) in [5, 5.41) is 2.43. The molecule has 0 amide bonds. The Morgan fingerprint density at radius 1 is 1.21 bits per heavy atom. The predicted octanol–water partition coefficient (Wildman–Crippen LogP) is 2.42. The number of benzene rings is 1. The first-order valence-corrected chi connectivity index (χ1v) is 4.73. The summed E-state index contributed by atoms with van der Waals surface area (Å²) >= 11 is 0. The quantitative estimate of drug-likeness (QED) is 0.736. The van der Waals surface area contributed by atoms with E-state index in [1.165, 1.54) is 10.8 Å². The van der Waals surface area contributed by atoms with E-state index in [1.807, 2.05) is 18.3 Å². The zero-order valence-electron chi connectivity index (χ0n) is 8.23. The zero-order chi connectivity index (χ0) is 9.80. The van der Waals surface area contributed by atoms with Gasteiger partial charge in [0.1, 0.15) is 0 Å². The lowest BCUT2D eigenvalue weighted by Gasteiger charge is -2.01. The van der Waals surface area contributed by atoms with Crippen molar-refractivity contribution in [3.63, 3.8) is 0 Å². The van der Waals surface area contributed by atoms with Gasteiger partial charge in [-0.2, -0.15) is 0 Å². The lowest BCUT2D eigenvalue weighted by atomic mass is 10.1. The number of ether oxygens (including phenoxy) is 1. The second kappa shape index (κ2) is 4.20. The van der Waals surface area contributed by atoms with E-state index in [9.17, 15) is 0 Å². The van der Waals surface area contributed by atoms with Crippen LogP contribution < -0.4 is 0 Å². The van der Waals surface area contributed by atoms with Crippen molar-refractivity contribution < 1.29 is 4.74 Å². The predicted molar refractivity (Wildman–Crippen MR) is 57.3 cm³/mol. The number of hydrogen-bond donors (Lipinski definition) is 0. The fourth-order valence-corrected chi connectivity index (χ4v) is 1.47. The van der Waals surface area contributed by atoms with E-state index in [4.69, 9.17) is 4.74 Å². The number of aromatic nitrogens is 1. The second-order valence-corrected chi connectivity index (χ2v) is 3.27. The minimum atomic E-state index is 0.728. The molecule has 0 spiro atoms. The molecule has 0 fully saturated rings. The molecule has 0 saturated carbocycles. The molecule has 1 heterocycles. The standard InChI is InChI=1S/C12H13NO/c1-14-7-6-12-8-10-4-2-3-5-11(10)9-13-12/h2-5,8-9H,6-7H2,1H3. The zero-order valence-corrected chi connectivity index (χ0v) is 8.23. The number of rotatable bonds is 3. The Kier molecular flexibility index (Phi) is 2.75. The highest BCUT2D eigenvalue weighted by atomic mass is 16.5. The van der Waals surface area contributed by atoms with Crippen LogP contribution >= 0.6 is 0 Å². The van der Waals surface area contributed by atoms with Crippen molar-refractivity contribution in [1.82, 2.24) is 4.98 Å². The summed E-state index contributed by atoms with van der Waals surface area (Å²) in [5.74, 6) is 0. The van der Waals surface area contributed by atoms with Gasteiger partial charge in [-0.15, -0.1) is 0 Å². The van der Waals surface area contributed by atoms with E-state index in [0.717, 1.165) is 18.7 Å². The highest BCUT2D eigenvalue weighted by Crippen LogP contribution is 2.13. The van der Waals surface area contributed by atoms with Gasteiger partial charge in [0.15, 0.2) is 0 Å². The van der Waals surface area contributed by atoms with Crippen LogP contribution in [0, 0.1) is 0 Å². The fourth-order valence-electron chi connectivity index (χ4n) is 1.47. The molecular weight excluding hydrogens is 174 g/mol. The maximum absolute atomic E-state index is 5.02. The normalized spacial score (nSPS) is 10.6. The molecule has 2 rings (SSSR count). The molecule has 2 heteroatoms. The number of methoxy groups -OCH3 is 1. The van der Waals surface area contributed by atoms with Gasteiger partial charge in [-0.1, -0.05) is 24.3 Å². The van der Waals surface area contributed by atoms with Gasteiger partial charge in [-0.3, -0.25) is 4.98 Å². The number of pyridine rings is 1. The molecule has 72 valence electrons. The minimum Gasteiger partial charge on any atom is -0.384 e. The second-order valence-electron chi connectivity index (χ2n) is 3.27. The maximum Gasteiger partial charge on any atom is 0.0517 e. The molecule has 0 aliphatic rings. The summed E-state index contributed by atoms with van der Waals surface area (Å²) in [6.45, 7) is 0.728. The maximum atomic E-state index is 5.02. The minimum absolute atomic E-state index is 0.728. The van der Waals surface area contributed by atoms with Crippen molar-refractivity contribution in [3.05, 3.63) is 42.2 Å². The molecular formula is C12H13NO. The monoisotopic (exact) mass is 187 g/mol. The molecule has 1 aromatic carbocycles. The molecule has 0 bridgehead atoms. The number of fused-ring (bicyclic) bond motifs is 1. The summed E-state index contributed by atoms with van der Waals surface area (Å²) in [4.78, 5) is 4.36. The van der Waals surface area contributed by atoms with Crippen LogP contribution in [0.5, 0.6) is 0 Å². The van der Waals surface area contributed by atoms with Gasteiger partial charge >= 0.3 is 0 Å². The van der Waals surface area contributed by atoms with E-state index in [2.05, 4.69) is 23.2 Å². The fraction of sp³-hybridized carbons (Fsp3) is 0.250. The van der Waals surface area contributed by atoms with Crippen molar-refractivity contribution in [2.45, 2.75) is 6.42 Å². The first-order valence-electron chi connectivity index (χ1n) is 4.73. The average molecular weight is 187 g/mol. The van der Waals surface area contributed by atoms with Crippen molar-refractivity contribution >= 4 is 10.8 Å². The van der Waals surface area contributed by atoms with Crippen LogP contribution in [0.1, 0.15) is 5.69 Å². The van der Waals surface area contributed by atoms with Gasteiger partial charge in [0.2, 0.25) is 0 Å². The summed E-state index contributed by atoms with van der Waals surface area (Å²) < 4.78 is 5.02. The Balaban J connectivity index is 2.32. The van der Waals surface area contributed by atoms with Crippen LogP contribution in [0.2, 0.25) is 0 Å². The van der Waals surface area contributed by atoms with Crippen LogP contribution in [0.4, 0.5) is 0 Å². The van der Waals surface area contributed by atoms with Crippen molar-refractivity contribution in [3.8, 4) is 0 Å². The third-order valence-corrected chi connectivity index (χ3v) is 2.25. The molecule has 0 aliphatic carbocycles. The third-order valence-electron chi connectivity index (χ3n) is 2.25. The molecule has 0 atom stereocenters.